The Morgan fingerprint density at radius 1 is 1.25 bits per heavy atom. The molecule has 0 aliphatic carbocycles. The van der Waals surface area contributed by atoms with Crippen LogP contribution in [0.1, 0.15) is 5.56 Å². The Morgan fingerprint density at radius 3 is 2.88 bits per heavy atom. The summed E-state index contributed by atoms with van der Waals surface area (Å²) in [5.41, 5.74) is 1.67. The molecule has 2 N–H and O–H groups in total. The van der Waals surface area contributed by atoms with Crippen molar-refractivity contribution < 1.29 is 9.53 Å². The highest BCUT2D eigenvalue weighted by molar-refractivity contribution is 9.10. The van der Waals surface area contributed by atoms with Crippen molar-refractivity contribution in [1.82, 2.24) is 10.3 Å². The molecule has 0 radical (unpaired) electrons. The fourth-order valence-corrected chi connectivity index (χ4v) is 2.96. The van der Waals surface area contributed by atoms with E-state index < -0.39 is 0 Å². The SMILES string of the molecule is O=C(NCc1ccsc1)Nc1ccc(Oc2cccc(Br)c2)nc1. The standard InChI is InChI=1S/C17H14BrN3O2S/c18-13-2-1-3-15(8-13)23-16-5-4-14(10-19-16)21-17(22)20-9-12-6-7-24-11-12/h1-8,10-11H,9H2,(H2,20,21,22). The average Bonchev–Trinajstić information content (AvgIpc) is 3.08. The molecule has 0 aliphatic heterocycles. The van der Waals surface area contributed by atoms with Gasteiger partial charge in [-0.3, -0.25) is 0 Å². The normalized spacial score (nSPS) is 10.2. The van der Waals surface area contributed by atoms with Crippen LogP contribution in [0.5, 0.6) is 11.6 Å². The number of amides is 2. The maximum atomic E-state index is 11.8. The number of aromatic nitrogens is 1. The van der Waals surface area contributed by atoms with Gasteiger partial charge in [0.2, 0.25) is 5.88 Å². The Morgan fingerprint density at radius 2 is 2.17 bits per heavy atom. The summed E-state index contributed by atoms with van der Waals surface area (Å²) in [6.45, 7) is 0.493. The van der Waals surface area contributed by atoms with Crippen molar-refractivity contribution in [3.8, 4) is 11.6 Å². The fraction of sp³-hybridized carbons (Fsp3) is 0.0588. The van der Waals surface area contributed by atoms with Gasteiger partial charge >= 0.3 is 6.03 Å². The molecule has 0 unspecified atom stereocenters. The minimum absolute atomic E-state index is 0.274. The van der Waals surface area contributed by atoms with E-state index in [1.54, 1.807) is 29.7 Å². The third-order valence-corrected chi connectivity index (χ3v) is 4.27. The Bertz CT molecular complexity index is 807. The number of urea groups is 1. The number of rotatable bonds is 5. The molecule has 0 fully saturated rings. The smallest absolute Gasteiger partial charge is 0.319 e. The Hall–Kier alpha value is -2.38. The van der Waals surface area contributed by atoms with Gasteiger partial charge in [0, 0.05) is 17.1 Å². The molecule has 0 bridgehead atoms. The molecule has 3 aromatic rings. The molecule has 1 aromatic carbocycles. The molecule has 0 atom stereocenters. The molecular weight excluding hydrogens is 390 g/mol. The van der Waals surface area contributed by atoms with Crippen LogP contribution in [0.4, 0.5) is 10.5 Å². The van der Waals surface area contributed by atoms with Gasteiger partial charge in [-0.15, -0.1) is 0 Å². The third kappa shape index (κ3) is 4.81. The molecular formula is C17H14BrN3O2S. The van der Waals surface area contributed by atoms with E-state index >= 15 is 0 Å². The van der Waals surface area contributed by atoms with Crippen LogP contribution in [0.2, 0.25) is 0 Å². The van der Waals surface area contributed by atoms with Crippen molar-refractivity contribution in [3.63, 3.8) is 0 Å². The minimum atomic E-state index is -0.274. The first-order valence-corrected chi connectivity index (χ1v) is 8.88. The van der Waals surface area contributed by atoms with E-state index in [-0.39, 0.29) is 6.03 Å². The summed E-state index contributed by atoms with van der Waals surface area (Å²) in [5, 5.41) is 9.49. The monoisotopic (exact) mass is 403 g/mol. The molecule has 0 spiro atoms. The number of hydrogen-bond acceptors (Lipinski definition) is 4. The zero-order chi connectivity index (χ0) is 16.8. The highest BCUT2D eigenvalue weighted by Gasteiger charge is 2.04. The number of nitrogens with one attached hydrogen (secondary N) is 2. The van der Waals surface area contributed by atoms with E-state index in [0.717, 1.165) is 10.0 Å². The zero-order valence-corrected chi connectivity index (χ0v) is 14.9. The molecule has 2 aromatic heterocycles. The average molecular weight is 404 g/mol. The summed E-state index contributed by atoms with van der Waals surface area (Å²) in [6.07, 6.45) is 1.55. The second-order valence-electron chi connectivity index (χ2n) is 4.88. The molecule has 122 valence electrons. The van der Waals surface area contributed by atoms with E-state index in [2.05, 4.69) is 31.5 Å². The van der Waals surface area contributed by atoms with Crippen LogP contribution in [-0.4, -0.2) is 11.0 Å². The lowest BCUT2D eigenvalue weighted by molar-refractivity contribution is 0.251. The van der Waals surface area contributed by atoms with Gasteiger partial charge in [0.05, 0.1) is 11.9 Å². The molecule has 0 saturated carbocycles. The fourth-order valence-electron chi connectivity index (χ4n) is 1.92. The summed E-state index contributed by atoms with van der Waals surface area (Å²) in [6, 6.07) is 12.6. The maximum absolute atomic E-state index is 11.8. The Labute approximate surface area is 151 Å². The van der Waals surface area contributed by atoms with Gasteiger partial charge < -0.3 is 15.4 Å². The molecule has 5 nitrogen and oxygen atoms in total. The van der Waals surface area contributed by atoms with Gasteiger partial charge in [0.25, 0.3) is 0 Å². The summed E-state index contributed by atoms with van der Waals surface area (Å²) in [4.78, 5) is 16.0. The molecule has 2 amide bonds. The molecule has 2 heterocycles. The Balaban J connectivity index is 1.53. The highest BCUT2D eigenvalue weighted by atomic mass is 79.9. The van der Waals surface area contributed by atoms with Crippen molar-refractivity contribution in [1.29, 1.82) is 0 Å². The van der Waals surface area contributed by atoms with E-state index in [1.165, 1.54) is 0 Å². The first-order valence-electron chi connectivity index (χ1n) is 7.14. The molecule has 7 heteroatoms. The topological polar surface area (TPSA) is 63.2 Å². The number of benzene rings is 1. The lowest BCUT2D eigenvalue weighted by Gasteiger charge is -2.08. The minimum Gasteiger partial charge on any atom is -0.439 e. The van der Waals surface area contributed by atoms with E-state index in [0.29, 0.717) is 23.9 Å². The summed E-state index contributed by atoms with van der Waals surface area (Å²) < 4.78 is 6.58. The van der Waals surface area contributed by atoms with Gasteiger partial charge in [-0.25, -0.2) is 9.78 Å². The molecule has 24 heavy (non-hydrogen) atoms. The van der Waals surface area contributed by atoms with Crippen LogP contribution in [0.25, 0.3) is 0 Å². The van der Waals surface area contributed by atoms with Crippen LogP contribution in [-0.2, 0) is 6.54 Å². The molecule has 3 rings (SSSR count). The number of hydrogen-bond donors (Lipinski definition) is 2. The number of ether oxygens (including phenoxy) is 1. The second-order valence-corrected chi connectivity index (χ2v) is 6.58. The van der Waals surface area contributed by atoms with Crippen molar-refractivity contribution in [3.05, 3.63) is 69.5 Å². The highest BCUT2D eigenvalue weighted by Crippen LogP contribution is 2.23. The van der Waals surface area contributed by atoms with Crippen LogP contribution < -0.4 is 15.4 Å². The third-order valence-electron chi connectivity index (χ3n) is 3.05. The first-order chi connectivity index (χ1) is 11.7. The lowest BCUT2D eigenvalue weighted by Crippen LogP contribution is -2.28. The summed E-state index contributed by atoms with van der Waals surface area (Å²) in [5.74, 6) is 1.14. The van der Waals surface area contributed by atoms with Gasteiger partial charge in [0.1, 0.15) is 5.75 Å². The van der Waals surface area contributed by atoms with Gasteiger partial charge in [0.15, 0.2) is 0 Å². The van der Waals surface area contributed by atoms with Gasteiger partial charge in [-0.05, 0) is 46.7 Å². The number of anilines is 1. The largest absolute Gasteiger partial charge is 0.439 e. The van der Waals surface area contributed by atoms with Gasteiger partial charge in [-0.2, -0.15) is 11.3 Å². The van der Waals surface area contributed by atoms with Crippen LogP contribution in [0.15, 0.2) is 63.9 Å². The van der Waals surface area contributed by atoms with E-state index in [1.807, 2.05) is 41.1 Å². The summed E-state index contributed by atoms with van der Waals surface area (Å²) >= 11 is 4.99. The van der Waals surface area contributed by atoms with Crippen LogP contribution in [0.3, 0.4) is 0 Å². The van der Waals surface area contributed by atoms with Crippen LogP contribution in [0, 0.1) is 0 Å². The molecule has 0 saturated heterocycles. The van der Waals surface area contributed by atoms with E-state index in [4.69, 9.17) is 4.74 Å². The van der Waals surface area contributed by atoms with Crippen molar-refractivity contribution in [2.45, 2.75) is 6.54 Å². The van der Waals surface area contributed by atoms with Gasteiger partial charge in [-0.1, -0.05) is 22.0 Å². The summed E-state index contributed by atoms with van der Waals surface area (Å²) in [7, 11) is 0. The van der Waals surface area contributed by atoms with Crippen LogP contribution >= 0.6 is 27.3 Å². The molecule has 0 aliphatic rings. The number of nitrogens with zero attached hydrogens (tertiary/aromatic N) is 1. The maximum Gasteiger partial charge on any atom is 0.319 e. The number of carbonyl (C=O) groups excluding carboxylic acids is 1. The van der Waals surface area contributed by atoms with Crippen molar-refractivity contribution >= 4 is 39.0 Å². The number of halogens is 1. The Kier molecular flexibility index (Phi) is 5.45. The predicted molar refractivity (Wildman–Crippen MR) is 98.6 cm³/mol. The number of pyridine rings is 1. The quantitative estimate of drug-likeness (QED) is 0.628. The number of carbonyl (C=O) groups is 1. The number of thiophene rings is 1. The second kappa shape index (κ2) is 7.94. The van der Waals surface area contributed by atoms with E-state index in [9.17, 15) is 4.79 Å². The predicted octanol–water partition coefficient (Wildman–Crippen LogP) is 5.02. The zero-order valence-electron chi connectivity index (χ0n) is 12.5. The lowest BCUT2D eigenvalue weighted by atomic mass is 10.3. The van der Waals surface area contributed by atoms with Crippen molar-refractivity contribution in [2.75, 3.05) is 5.32 Å². The first kappa shape index (κ1) is 16.5. The van der Waals surface area contributed by atoms with Crippen molar-refractivity contribution in [2.24, 2.45) is 0 Å².